The summed E-state index contributed by atoms with van der Waals surface area (Å²) >= 11 is 5.62. The van der Waals surface area contributed by atoms with Crippen LogP contribution < -0.4 is 15.2 Å². The van der Waals surface area contributed by atoms with Crippen molar-refractivity contribution in [3.63, 3.8) is 0 Å². The molecule has 0 bridgehead atoms. The van der Waals surface area contributed by atoms with Crippen LogP contribution >= 0.6 is 11.6 Å². The second-order valence-electron chi connectivity index (χ2n) is 3.42. The number of pyridine rings is 1. The van der Waals surface area contributed by atoms with Gasteiger partial charge in [-0.05, 0) is 6.07 Å². The lowest BCUT2D eigenvalue weighted by atomic mass is 10.3. The van der Waals surface area contributed by atoms with E-state index in [1.807, 2.05) is 4.72 Å². The van der Waals surface area contributed by atoms with E-state index >= 15 is 0 Å². The number of alkyl halides is 3. The van der Waals surface area contributed by atoms with Crippen molar-refractivity contribution < 1.29 is 21.6 Å². The summed E-state index contributed by atoms with van der Waals surface area (Å²) in [6.07, 6.45) is -3.90. The lowest BCUT2D eigenvalue weighted by Crippen LogP contribution is -2.34. The van der Waals surface area contributed by atoms with E-state index in [-0.39, 0.29) is 23.9 Å². The van der Waals surface area contributed by atoms with Gasteiger partial charge in [-0.1, -0.05) is 11.6 Å². The third-order valence-corrected chi connectivity index (χ3v) is 2.78. The van der Waals surface area contributed by atoms with Crippen molar-refractivity contribution in [2.75, 3.05) is 18.4 Å². The SMILES string of the molecule is NS(=O)(=O)NCCNc1ncc(C(F)(F)F)cc1Cl. The van der Waals surface area contributed by atoms with Crippen LogP contribution in [0.5, 0.6) is 0 Å². The molecule has 108 valence electrons. The van der Waals surface area contributed by atoms with E-state index in [0.717, 1.165) is 6.07 Å². The number of aromatic nitrogens is 1. The quantitative estimate of drug-likeness (QED) is 0.704. The Hall–Kier alpha value is -1.10. The van der Waals surface area contributed by atoms with Crippen LogP contribution in [0.15, 0.2) is 12.3 Å². The molecule has 11 heteroatoms. The molecule has 0 saturated carbocycles. The van der Waals surface area contributed by atoms with E-state index in [4.69, 9.17) is 11.6 Å². The summed E-state index contributed by atoms with van der Waals surface area (Å²) in [6, 6.07) is 0.726. The number of nitrogens with zero attached hydrogens (tertiary/aromatic N) is 1. The van der Waals surface area contributed by atoms with E-state index in [2.05, 4.69) is 15.4 Å². The molecule has 0 amide bonds. The van der Waals surface area contributed by atoms with Gasteiger partial charge < -0.3 is 5.32 Å². The fraction of sp³-hybridized carbons (Fsp3) is 0.375. The molecule has 0 spiro atoms. The molecule has 0 aliphatic rings. The summed E-state index contributed by atoms with van der Waals surface area (Å²) in [5, 5.41) is 7.03. The number of nitrogens with one attached hydrogen (secondary N) is 2. The minimum absolute atomic E-state index is 0.0193. The Morgan fingerprint density at radius 1 is 1.37 bits per heavy atom. The van der Waals surface area contributed by atoms with E-state index in [9.17, 15) is 21.6 Å². The largest absolute Gasteiger partial charge is 0.417 e. The number of hydrogen-bond acceptors (Lipinski definition) is 4. The van der Waals surface area contributed by atoms with Gasteiger partial charge in [0.05, 0.1) is 10.6 Å². The lowest BCUT2D eigenvalue weighted by molar-refractivity contribution is -0.137. The van der Waals surface area contributed by atoms with Gasteiger partial charge in [0.25, 0.3) is 10.2 Å². The van der Waals surface area contributed by atoms with Crippen LogP contribution in [0.4, 0.5) is 19.0 Å². The molecular weight excluding hydrogens is 309 g/mol. The molecule has 0 radical (unpaired) electrons. The maximum Gasteiger partial charge on any atom is 0.417 e. The van der Waals surface area contributed by atoms with Crippen LogP contribution in [-0.2, 0) is 16.4 Å². The fourth-order valence-electron chi connectivity index (χ4n) is 1.10. The van der Waals surface area contributed by atoms with Crippen molar-refractivity contribution in [1.82, 2.24) is 9.71 Å². The van der Waals surface area contributed by atoms with Gasteiger partial charge in [-0.2, -0.15) is 21.6 Å². The van der Waals surface area contributed by atoms with Gasteiger partial charge in [-0.15, -0.1) is 0 Å². The topological polar surface area (TPSA) is 97.1 Å². The average Bonchev–Trinajstić information content (AvgIpc) is 2.23. The summed E-state index contributed by atoms with van der Waals surface area (Å²) in [4.78, 5) is 3.51. The first kappa shape index (κ1) is 16.0. The zero-order chi connectivity index (χ0) is 14.7. The molecule has 0 atom stereocenters. The van der Waals surface area contributed by atoms with E-state index in [1.54, 1.807) is 0 Å². The second kappa shape index (κ2) is 5.90. The third kappa shape index (κ3) is 5.59. The van der Waals surface area contributed by atoms with Crippen LogP contribution in [0.3, 0.4) is 0 Å². The number of nitrogens with two attached hydrogens (primary N) is 1. The number of rotatable bonds is 5. The highest BCUT2D eigenvalue weighted by Gasteiger charge is 2.31. The first-order valence-corrected chi connectivity index (χ1v) is 6.76. The molecule has 1 heterocycles. The van der Waals surface area contributed by atoms with Gasteiger partial charge >= 0.3 is 6.18 Å². The summed E-state index contributed by atoms with van der Waals surface area (Å²) in [7, 11) is -3.81. The highest BCUT2D eigenvalue weighted by atomic mass is 35.5. The van der Waals surface area contributed by atoms with Crippen molar-refractivity contribution in [1.29, 1.82) is 0 Å². The molecule has 1 aromatic rings. The van der Waals surface area contributed by atoms with Crippen molar-refractivity contribution in [2.45, 2.75) is 6.18 Å². The molecule has 1 aromatic heterocycles. The van der Waals surface area contributed by atoms with Crippen LogP contribution in [0.25, 0.3) is 0 Å². The minimum atomic E-state index is -4.52. The average molecular weight is 319 g/mol. The van der Waals surface area contributed by atoms with Gasteiger partial charge in [0.1, 0.15) is 5.82 Å². The number of hydrogen-bond donors (Lipinski definition) is 3. The van der Waals surface area contributed by atoms with Gasteiger partial charge in [-0.3, -0.25) is 0 Å². The normalized spacial score (nSPS) is 12.5. The predicted molar refractivity (Wildman–Crippen MR) is 63.8 cm³/mol. The fourth-order valence-corrected chi connectivity index (χ4v) is 1.72. The zero-order valence-electron chi connectivity index (χ0n) is 9.33. The van der Waals surface area contributed by atoms with Crippen LogP contribution in [0, 0.1) is 0 Å². The summed E-state index contributed by atoms with van der Waals surface area (Å²) < 4.78 is 60.0. The maximum absolute atomic E-state index is 12.3. The molecule has 1 rings (SSSR count). The summed E-state index contributed by atoms with van der Waals surface area (Å²) in [5.74, 6) is 0.0193. The number of halogens is 4. The summed E-state index contributed by atoms with van der Waals surface area (Å²) in [6.45, 7) is 0.00633. The Labute approximate surface area is 112 Å². The Morgan fingerprint density at radius 2 is 2.00 bits per heavy atom. The Balaban J connectivity index is 2.61. The van der Waals surface area contributed by atoms with Gasteiger partial charge in [0.2, 0.25) is 0 Å². The molecule has 0 fully saturated rings. The van der Waals surface area contributed by atoms with Crippen LogP contribution in [0.1, 0.15) is 5.56 Å². The monoisotopic (exact) mass is 318 g/mol. The Kier molecular flexibility index (Phi) is 4.96. The predicted octanol–water partition coefficient (Wildman–Crippen LogP) is 0.959. The zero-order valence-corrected chi connectivity index (χ0v) is 10.9. The molecule has 6 nitrogen and oxygen atoms in total. The smallest absolute Gasteiger partial charge is 0.368 e. The van der Waals surface area contributed by atoms with Crippen molar-refractivity contribution in [3.05, 3.63) is 22.8 Å². The molecule has 0 saturated heterocycles. The van der Waals surface area contributed by atoms with Gasteiger partial charge in [0, 0.05) is 19.3 Å². The van der Waals surface area contributed by atoms with Crippen molar-refractivity contribution >= 4 is 27.6 Å². The van der Waals surface area contributed by atoms with Crippen LogP contribution in [-0.4, -0.2) is 26.5 Å². The molecule has 4 N–H and O–H groups in total. The van der Waals surface area contributed by atoms with Gasteiger partial charge in [0.15, 0.2) is 0 Å². The molecule has 0 aliphatic heterocycles. The third-order valence-electron chi connectivity index (χ3n) is 1.89. The minimum Gasteiger partial charge on any atom is -0.368 e. The Morgan fingerprint density at radius 3 is 2.47 bits per heavy atom. The molecular formula is C8H10ClF3N4O2S. The lowest BCUT2D eigenvalue weighted by Gasteiger charge is -2.10. The molecule has 19 heavy (non-hydrogen) atoms. The first-order valence-electron chi connectivity index (χ1n) is 4.83. The van der Waals surface area contributed by atoms with E-state index < -0.39 is 21.9 Å². The van der Waals surface area contributed by atoms with Crippen LogP contribution in [0.2, 0.25) is 5.02 Å². The van der Waals surface area contributed by atoms with Crippen molar-refractivity contribution in [3.8, 4) is 0 Å². The van der Waals surface area contributed by atoms with Crippen molar-refractivity contribution in [2.24, 2.45) is 5.14 Å². The molecule has 0 aliphatic carbocycles. The summed E-state index contributed by atoms with van der Waals surface area (Å²) in [5.41, 5.74) is -0.967. The van der Waals surface area contributed by atoms with E-state index in [1.165, 1.54) is 0 Å². The highest BCUT2D eigenvalue weighted by molar-refractivity contribution is 7.87. The van der Waals surface area contributed by atoms with Gasteiger partial charge in [-0.25, -0.2) is 14.8 Å². The Bertz CT molecular complexity index is 549. The second-order valence-corrected chi connectivity index (χ2v) is 5.20. The molecule has 0 aromatic carbocycles. The first-order chi connectivity index (χ1) is 8.59. The molecule has 0 unspecified atom stereocenters. The van der Waals surface area contributed by atoms with E-state index in [0.29, 0.717) is 6.20 Å². The standard InChI is InChI=1S/C8H10ClF3N4O2S/c9-6-3-5(8(10,11)12)4-15-7(6)14-1-2-16-19(13,17)18/h3-4,16H,1-2H2,(H,14,15)(H2,13,17,18). The maximum atomic E-state index is 12.3. The highest BCUT2D eigenvalue weighted by Crippen LogP contribution is 2.32. The number of anilines is 1.